The van der Waals surface area contributed by atoms with Crippen LogP contribution in [0.2, 0.25) is 0 Å². The highest BCUT2D eigenvalue weighted by Crippen LogP contribution is 2.19. The molecule has 3 atom stereocenters. The zero-order valence-electron chi connectivity index (χ0n) is 13.6. The molecule has 0 aromatic heterocycles. The summed E-state index contributed by atoms with van der Waals surface area (Å²) in [6.07, 6.45) is 7.29. The number of carbonyl (C=O) groups excluding carboxylic acids is 1. The summed E-state index contributed by atoms with van der Waals surface area (Å²) in [5.74, 6) is -0.0977. The summed E-state index contributed by atoms with van der Waals surface area (Å²) < 4.78 is 0. The number of nitrogens with zero attached hydrogens (tertiary/aromatic N) is 1. The minimum absolute atomic E-state index is 0.0977. The van der Waals surface area contributed by atoms with Gasteiger partial charge in [0.15, 0.2) is 0 Å². The molecule has 3 N–H and O–H groups in total. The highest BCUT2D eigenvalue weighted by molar-refractivity contribution is 5.72. The number of β-amino-alcohol motifs (C(OH)–C–C–N with tert-alkyl or cyclic N) is 1. The van der Waals surface area contributed by atoms with Crippen molar-refractivity contribution < 1.29 is 15.0 Å². The van der Waals surface area contributed by atoms with Crippen molar-refractivity contribution in [3.8, 4) is 0 Å². The summed E-state index contributed by atoms with van der Waals surface area (Å²) in [6, 6.07) is -0.163. The molecular formula is C16H32N2O3. The molecule has 0 aromatic carbocycles. The number of carbonyl (C=O) groups is 1. The summed E-state index contributed by atoms with van der Waals surface area (Å²) in [6.45, 7) is 5.48. The van der Waals surface area contributed by atoms with E-state index in [0.717, 1.165) is 13.0 Å². The van der Waals surface area contributed by atoms with Gasteiger partial charge in [-0.05, 0) is 13.0 Å². The number of hydrogen-bond acceptors (Lipinski definition) is 4. The standard InChI is InChI=1S/C16H32N2O3/c1-3-4-5-6-7-8-9-10-18-12-15(20)16(21)14(18)11-17-13(2)19/h14-16,20-21H,3-12H2,1-2H3,(H,17,19)/t14-,15+,16-/m1/s1. The summed E-state index contributed by atoms with van der Waals surface area (Å²) in [5, 5.41) is 22.5. The quantitative estimate of drug-likeness (QED) is 0.531. The Morgan fingerprint density at radius 3 is 2.38 bits per heavy atom. The lowest BCUT2D eigenvalue weighted by Crippen LogP contribution is -2.45. The smallest absolute Gasteiger partial charge is 0.216 e. The summed E-state index contributed by atoms with van der Waals surface area (Å²) in [5.41, 5.74) is 0. The Balaban J connectivity index is 2.23. The third kappa shape index (κ3) is 6.76. The van der Waals surface area contributed by atoms with E-state index in [9.17, 15) is 15.0 Å². The van der Waals surface area contributed by atoms with Crippen molar-refractivity contribution in [3.05, 3.63) is 0 Å². The van der Waals surface area contributed by atoms with Crippen LogP contribution in [0.5, 0.6) is 0 Å². The summed E-state index contributed by atoms with van der Waals surface area (Å²) in [7, 11) is 0. The lowest BCUT2D eigenvalue weighted by Gasteiger charge is -2.25. The molecule has 0 unspecified atom stereocenters. The van der Waals surface area contributed by atoms with Gasteiger partial charge in [-0.15, -0.1) is 0 Å². The van der Waals surface area contributed by atoms with Gasteiger partial charge in [0, 0.05) is 20.0 Å². The third-order valence-electron chi connectivity index (χ3n) is 4.29. The zero-order chi connectivity index (χ0) is 15.7. The van der Waals surface area contributed by atoms with Crippen molar-refractivity contribution in [1.82, 2.24) is 10.2 Å². The van der Waals surface area contributed by atoms with Crippen LogP contribution in [0.15, 0.2) is 0 Å². The number of likely N-dealkylation sites (tertiary alicyclic amines) is 1. The van der Waals surface area contributed by atoms with Crippen LogP contribution in [0.3, 0.4) is 0 Å². The van der Waals surface area contributed by atoms with Crippen molar-refractivity contribution >= 4 is 5.91 Å². The van der Waals surface area contributed by atoms with E-state index in [0.29, 0.717) is 13.1 Å². The van der Waals surface area contributed by atoms with Gasteiger partial charge >= 0.3 is 0 Å². The average Bonchev–Trinajstić information content (AvgIpc) is 2.71. The van der Waals surface area contributed by atoms with Gasteiger partial charge in [0.1, 0.15) is 0 Å². The Hall–Kier alpha value is -0.650. The molecule has 5 heteroatoms. The predicted molar refractivity (Wildman–Crippen MR) is 84.1 cm³/mol. The predicted octanol–water partition coefficient (Wildman–Crippen LogP) is 1.28. The number of nitrogens with one attached hydrogen (secondary N) is 1. The van der Waals surface area contributed by atoms with Gasteiger partial charge in [0.2, 0.25) is 5.91 Å². The molecule has 1 heterocycles. The normalized spacial score (nSPS) is 26.2. The lowest BCUT2D eigenvalue weighted by atomic mass is 10.1. The second kappa shape index (κ2) is 10.1. The van der Waals surface area contributed by atoms with Crippen LogP contribution in [0.4, 0.5) is 0 Å². The van der Waals surface area contributed by atoms with Crippen molar-refractivity contribution in [2.45, 2.75) is 77.0 Å². The fourth-order valence-corrected chi connectivity index (χ4v) is 2.98. The molecule has 1 fully saturated rings. The Morgan fingerprint density at radius 2 is 1.76 bits per heavy atom. The highest BCUT2D eigenvalue weighted by atomic mass is 16.3. The topological polar surface area (TPSA) is 72.8 Å². The number of hydrogen-bond donors (Lipinski definition) is 3. The minimum atomic E-state index is -0.763. The lowest BCUT2D eigenvalue weighted by molar-refractivity contribution is -0.119. The van der Waals surface area contributed by atoms with E-state index in [2.05, 4.69) is 17.1 Å². The van der Waals surface area contributed by atoms with Crippen molar-refractivity contribution in [1.29, 1.82) is 0 Å². The van der Waals surface area contributed by atoms with Crippen molar-refractivity contribution in [2.75, 3.05) is 19.6 Å². The number of aliphatic hydroxyl groups is 2. The number of amides is 1. The van der Waals surface area contributed by atoms with Crippen molar-refractivity contribution in [3.63, 3.8) is 0 Å². The molecule has 1 rings (SSSR count). The fourth-order valence-electron chi connectivity index (χ4n) is 2.98. The maximum Gasteiger partial charge on any atom is 0.216 e. The molecule has 5 nitrogen and oxygen atoms in total. The molecule has 0 aromatic rings. The molecular weight excluding hydrogens is 268 g/mol. The van der Waals surface area contributed by atoms with Gasteiger partial charge in [0.05, 0.1) is 18.2 Å². The Bertz CT molecular complexity index is 299. The zero-order valence-corrected chi connectivity index (χ0v) is 13.6. The molecule has 0 aliphatic carbocycles. The Morgan fingerprint density at radius 1 is 1.14 bits per heavy atom. The molecule has 1 aliphatic rings. The maximum absolute atomic E-state index is 11.0. The molecule has 0 radical (unpaired) electrons. The second-order valence-electron chi connectivity index (χ2n) is 6.18. The largest absolute Gasteiger partial charge is 0.389 e. The molecule has 0 spiro atoms. The average molecular weight is 300 g/mol. The van der Waals surface area contributed by atoms with Gasteiger partial charge in [-0.2, -0.15) is 0 Å². The first-order valence-electron chi connectivity index (χ1n) is 8.40. The highest BCUT2D eigenvalue weighted by Gasteiger charge is 2.39. The maximum atomic E-state index is 11.0. The van der Waals surface area contributed by atoms with Gasteiger partial charge in [-0.1, -0.05) is 45.4 Å². The monoisotopic (exact) mass is 300 g/mol. The number of aliphatic hydroxyl groups excluding tert-OH is 2. The van der Waals surface area contributed by atoms with Gasteiger partial charge in [0.25, 0.3) is 0 Å². The summed E-state index contributed by atoms with van der Waals surface area (Å²) >= 11 is 0. The van der Waals surface area contributed by atoms with Crippen LogP contribution in [0, 0.1) is 0 Å². The molecule has 0 saturated carbocycles. The van der Waals surface area contributed by atoms with Gasteiger partial charge in [-0.25, -0.2) is 0 Å². The van der Waals surface area contributed by atoms with Gasteiger partial charge in [-0.3, -0.25) is 9.69 Å². The molecule has 124 valence electrons. The van der Waals surface area contributed by atoms with E-state index >= 15 is 0 Å². The SMILES string of the molecule is CCCCCCCCCN1C[C@H](O)[C@H](O)[C@H]1CNC(C)=O. The van der Waals surface area contributed by atoms with E-state index in [-0.39, 0.29) is 11.9 Å². The molecule has 0 bridgehead atoms. The fraction of sp³-hybridized carbons (Fsp3) is 0.938. The van der Waals surface area contributed by atoms with Crippen LogP contribution in [-0.4, -0.2) is 58.9 Å². The van der Waals surface area contributed by atoms with E-state index < -0.39 is 12.2 Å². The minimum Gasteiger partial charge on any atom is -0.389 e. The van der Waals surface area contributed by atoms with E-state index in [1.54, 1.807) is 0 Å². The third-order valence-corrected chi connectivity index (χ3v) is 4.29. The Labute approximate surface area is 128 Å². The second-order valence-corrected chi connectivity index (χ2v) is 6.18. The van der Waals surface area contributed by atoms with Crippen LogP contribution in [0.25, 0.3) is 0 Å². The van der Waals surface area contributed by atoms with E-state index in [4.69, 9.17) is 0 Å². The molecule has 1 amide bonds. The van der Waals surface area contributed by atoms with E-state index in [1.807, 2.05) is 0 Å². The molecule has 1 saturated heterocycles. The van der Waals surface area contributed by atoms with Gasteiger partial charge < -0.3 is 15.5 Å². The molecule has 21 heavy (non-hydrogen) atoms. The van der Waals surface area contributed by atoms with Crippen molar-refractivity contribution in [2.24, 2.45) is 0 Å². The van der Waals surface area contributed by atoms with Crippen LogP contribution >= 0.6 is 0 Å². The van der Waals surface area contributed by atoms with Crippen LogP contribution in [0.1, 0.15) is 58.8 Å². The van der Waals surface area contributed by atoms with Crippen LogP contribution in [-0.2, 0) is 4.79 Å². The van der Waals surface area contributed by atoms with E-state index in [1.165, 1.54) is 45.4 Å². The molecule has 1 aliphatic heterocycles. The first-order chi connectivity index (χ1) is 10.1. The Kier molecular flexibility index (Phi) is 8.88. The first kappa shape index (κ1) is 18.4. The van der Waals surface area contributed by atoms with Crippen LogP contribution < -0.4 is 5.32 Å². The number of unbranched alkanes of at least 4 members (excludes halogenated alkanes) is 6. The first-order valence-corrected chi connectivity index (χ1v) is 8.40. The number of rotatable bonds is 10. The summed E-state index contributed by atoms with van der Waals surface area (Å²) in [4.78, 5) is 13.1.